The topological polar surface area (TPSA) is 56.0 Å². The maximum Gasteiger partial charge on any atom is 0.408 e. The van der Waals surface area contributed by atoms with E-state index in [2.05, 4.69) is 10.2 Å². The smallest absolute Gasteiger partial charge is 0.295 e. The average Bonchev–Trinajstić information content (AvgIpc) is 3.02. The molecule has 0 fully saturated rings. The number of hydrogen-bond donors (Lipinski definition) is 0. The van der Waals surface area contributed by atoms with Crippen molar-refractivity contribution in [1.82, 2.24) is 19.6 Å². The van der Waals surface area contributed by atoms with Crippen molar-refractivity contribution < 1.29 is 18.0 Å². The first-order valence-electron chi connectivity index (χ1n) is 6.34. The second-order valence-electron chi connectivity index (χ2n) is 4.75. The lowest BCUT2D eigenvalue weighted by Crippen LogP contribution is -2.30. The highest BCUT2D eigenvalue weighted by molar-refractivity contribution is 5.94. The number of carbonyl (C=O) groups is 1. The molecule has 112 valence electrons. The van der Waals surface area contributed by atoms with E-state index < -0.39 is 12.7 Å². The van der Waals surface area contributed by atoms with Gasteiger partial charge in [0.15, 0.2) is 0 Å². The predicted octanol–water partition coefficient (Wildman–Crippen LogP) is 1.23. The number of nitrogens with zero attached hydrogens (tertiary/aromatic N) is 5. The van der Waals surface area contributed by atoms with Gasteiger partial charge in [0.1, 0.15) is 12.4 Å². The normalized spacial score (nSPS) is 14.5. The van der Waals surface area contributed by atoms with Crippen molar-refractivity contribution in [3.8, 4) is 0 Å². The van der Waals surface area contributed by atoms with E-state index in [-0.39, 0.29) is 12.3 Å². The van der Waals surface area contributed by atoms with Crippen LogP contribution in [0.2, 0.25) is 0 Å². The summed E-state index contributed by atoms with van der Waals surface area (Å²) in [6.07, 6.45) is -1.53. The summed E-state index contributed by atoms with van der Waals surface area (Å²) in [7, 11) is 0. The summed E-state index contributed by atoms with van der Waals surface area (Å²) >= 11 is 0. The van der Waals surface area contributed by atoms with Crippen LogP contribution in [0.1, 0.15) is 5.69 Å². The number of alkyl halides is 3. The zero-order valence-corrected chi connectivity index (χ0v) is 10.9. The quantitative estimate of drug-likeness (QED) is 0.856. The Labute approximate surface area is 117 Å². The summed E-state index contributed by atoms with van der Waals surface area (Å²) in [5.74, 6) is 0.501. The first-order valence-corrected chi connectivity index (χ1v) is 6.34. The van der Waals surface area contributed by atoms with Crippen molar-refractivity contribution in [2.24, 2.45) is 0 Å². The van der Waals surface area contributed by atoms with Gasteiger partial charge in [-0.15, -0.1) is 0 Å². The first kappa shape index (κ1) is 13.7. The van der Waals surface area contributed by atoms with Crippen LogP contribution in [0.5, 0.6) is 0 Å². The molecule has 9 heteroatoms. The van der Waals surface area contributed by atoms with Crippen LogP contribution in [0, 0.1) is 0 Å². The molecule has 1 amide bonds. The third kappa shape index (κ3) is 2.91. The van der Waals surface area contributed by atoms with Crippen molar-refractivity contribution >= 4 is 11.7 Å². The molecule has 0 atom stereocenters. The summed E-state index contributed by atoms with van der Waals surface area (Å²) in [6.45, 7) is -0.0144. The SMILES string of the molecule is O=C(Cc1ccn(CC(F)(F)F)n1)N1CCn2nccc21. The van der Waals surface area contributed by atoms with Crippen LogP contribution in [-0.4, -0.2) is 38.2 Å². The van der Waals surface area contributed by atoms with Crippen LogP contribution >= 0.6 is 0 Å². The van der Waals surface area contributed by atoms with Crippen LogP contribution in [0.4, 0.5) is 19.0 Å². The van der Waals surface area contributed by atoms with Gasteiger partial charge >= 0.3 is 6.18 Å². The standard InChI is InChI=1S/C12H12F3N5O/c13-12(14,15)8-18-4-2-9(17-18)7-11(21)19-5-6-20-10(19)1-3-16-20/h1-4H,5-8H2. The monoisotopic (exact) mass is 299 g/mol. The fourth-order valence-corrected chi connectivity index (χ4v) is 2.31. The van der Waals surface area contributed by atoms with Gasteiger partial charge < -0.3 is 0 Å². The minimum atomic E-state index is -4.32. The first-order chi connectivity index (χ1) is 9.92. The molecule has 0 radical (unpaired) electrons. The van der Waals surface area contributed by atoms with E-state index >= 15 is 0 Å². The Morgan fingerprint density at radius 3 is 2.86 bits per heavy atom. The second-order valence-corrected chi connectivity index (χ2v) is 4.75. The zero-order chi connectivity index (χ0) is 15.0. The van der Waals surface area contributed by atoms with Crippen LogP contribution < -0.4 is 4.90 Å². The Kier molecular flexibility index (Phi) is 3.19. The molecule has 2 aromatic rings. The van der Waals surface area contributed by atoms with Crippen molar-refractivity contribution in [3.63, 3.8) is 0 Å². The Hall–Kier alpha value is -2.32. The third-order valence-electron chi connectivity index (χ3n) is 3.18. The average molecular weight is 299 g/mol. The lowest BCUT2D eigenvalue weighted by atomic mass is 10.3. The predicted molar refractivity (Wildman–Crippen MR) is 66.6 cm³/mol. The number of amides is 1. The molecule has 21 heavy (non-hydrogen) atoms. The summed E-state index contributed by atoms with van der Waals surface area (Å²) in [4.78, 5) is 13.7. The van der Waals surface area contributed by atoms with E-state index in [0.29, 0.717) is 24.6 Å². The third-order valence-corrected chi connectivity index (χ3v) is 3.18. The molecule has 1 aliphatic heterocycles. The molecule has 1 aliphatic rings. The van der Waals surface area contributed by atoms with Crippen LogP contribution in [0.3, 0.4) is 0 Å². The highest BCUT2D eigenvalue weighted by atomic mass is 19.4. The number of anilines is 1. The number of hydrogen-bond acceptors (Lipinski definition) is 3. The lowest BCUT2D eigenvalue weighted by Gasteiger charge is -2.13. The Morgan fingerprint density at radius 2 is 2.10 bits per heavy atom. The fourth-order valence-electron chi connectivity index (χ4n) is 2.31. The van der Waals surface area contributed by atoms with Crippen molar-refractivity contribution in [1.29, 1.82) is 0 Å². The molecule has 0 saturated carbocycles. The van der Waals surface area contributed by atoms with E-state index in [4.69, 9.17) is 0 Å². The molecule has 0 bridgehead atoms. The van der Waals surface area contributed by atoms with Gasteiger partial charge in [-0.25, -0.2) is 4.68 Å². The van der Waals surface area contributed by atoms with Crippen LogP contribution in [-0.2, 0) is 24.3 Å². The highest BCUT2D eigenvalue weighted by Gasteiger charge is 2.29. The molecular formula is C12H12F3N5O. The minimum absolute atomic E-state index is 0.0317. The maximum atomic E-state index is 12.2. The fraction of sp³-hybridized carbons (Fsp3) is 0.417. The lowest BCUT2D eigenvalue weighted by molar-refractivity contribution is -0.142. The molecule has 0 saturated heterocycles. The molecule has 0 unspecified atom stereocenters. The maximum absolute atomic E-state index is 12.2. The van der Waals surface area contributed by atoms with Gasteiger partial charge in [0.05, 0.1) is 24.9 Å². The summed E-state index contributed by atoms with van der Waals surface area (Å²) in [5, 5.41) is 7.84. The van der Waals surface area contributed by atoms with E-state index in [0.717, 1.165) is 4.68 Å². The van der Waals surface area contributed by atoms with Gasteiger partial charge in [-0.2, -0.15) is 23.4 Å². The van der Waals surface area contributed by atoms with Gasteiger partial charge in [-0.1, -0.05) is 0 Å². The van der Waals surface area contributed by atoms with E-state index in [9.17, 15) is 18.0 Å². The number of carbonyl (C=O) groups excluding carboxylic acids is 1. The second kappa shape index (κ2) is 4.90. The summed E-state index contributed by atoms with van der Waals surface area (Å²) in [6, 6.07) is 3.16. The molecule has 2 aromatic heterocycles. The van der Waals surface area contributed by atoms with Gasteiger partial charge in [0.2, 0.25) is 5.91 Å². The highest BCUT2D eigenvalue weighted by Crippen LogP contribution is 2.21. The molecule has 6 nitrogen and oxygen atoms in total. The largest absolute Gasteiger partial charge is 0.408 e. The molecule has 0 aliphatic carbocycles. The van der Waals surface area contributed by atoms with E-state index in [1.54, 1.807) is 21.8 Å². The summed E-state index contributed by atoms with van der Waals surface area (Å²) in [5.41, 5.74) is 0.321. The molecule has 0 spiro atoms. The molecular weight excluding hydrogens is 287 g/mol. The van der Waals surface area contributed by atoms with E-state index in [1.807, 2.05) is 0 Å². The summed E-state index contributed by atoms with van der Waals surface area (Å²) < 4.78 is 39.2. The van der Waals surface area contributed by atoms with Gasteiger partial charge in [0.25, 0.3) is 0 Å². The van der Waals surface area contributed by atoms with E-state index in [1.165, 1.54) is 12.3 Å². The molecule has 0 N–H and O–H groups in total. The zero-order valence-electron chi connectivity index (χ0n) is 10.9. The number of fused-ring (bicyclic) bond motifs is 1. The number of halogens is 3. The number of aromatic nitrogens is 4. The molecule has 3 rings (SSSR count). The Morgan fingerprint density at radius 1 is 1.29 bits per heavy atom. The van der Waals surface area contributed by atoms with Gasteiger partial charge in [-0.05, 0) is 6.07 Å². The van der Waals surface area contributed by atoms with Gasteiger partial charge in [0, 0.05) is 18.8 Å². The minimum Gasteiger partial charge on any atom is -0.295 e. The Balaban J connectivity index is 1.66. The van der Waals surface area contributed by atoms with Crippen molar-refractivity contribution in [2.75, 3.05) is 11.4 Å². The van der Waals surface area contributed by atoms with Gasteiger partial charge in [-0.3, -0.25) is 14.4 Å². The van der Waals surface area contributed by atoms with Crippen LogP contribution in [0.15, 0.2) is 24.5 Å². The van der Waals surface area contributed by atoms with Crippen molar-refractivity contribution in [3.05, 3.63) is 30.2 Å². The molecule has 3 heterocycles. The van der Waals surface area contributed by atoms with Crippen LogP contribution in [0.25, 0.3) is 0 Å². The Bertz CT molecular complexity index is 660. The molecule has 0 aromatic carbocycles. The van der Waals surface area contributed by atoms with Crippen molar-refractivity contribution in [2.45, 2.75) is 25.7 Å². The number of rotatable bonds is 3.